The standard InChI is InChI=1S/C19H21ClN6O3/c1-28-16-9-13(3-4-15(16)20)24-5-7-25(8-6-24)17(11-27)26-18-14(10-23-26)19(29-2)22-12-21-18/h3-4,9-12,17H,5-8H2,1-2H3. The van der Waals surface area contributed by atoms with Crippen molar-refractivity contribution in [2.45, 2.75) is 6.17 Å². The highest BCUT2D eigenvalue weighted by molar-refractivity contribution is 6.32. The largest absolute Gasteiger partial charge is 0.495 e. The third kappa shape index (κ3) is 3.58. The maximum absolute atomic E-state index is 12.0. The van der Waals surface area contributed by atoms with Gasteiger partial charge in [0.1, 0.15) is 17.5 Å². The van der Waals surface area contributed by atoms with E-state index in [4.69, 9.17) is 21.1 Å². The van der Waals surface area contributed by atoms with Crippen LogP contribution < -0.4 is 14.4 Å². The number of rotatable bonds is 6. The average Bonchev–Trinajstić information content (AvgIpc) is 3.19. The number of ether oxygens (including phenoxy) is 2. The number of fused-ring (bicyclic) bond motifs is 1. The van der Waals surface area contributed by atoms with Gasteiger partial charge < -0.3 is 14.4 Å². The maximum atomic E-state index is 12.0. The second kappa shape index (κ2) is 8.22. The number of methoxy groups -OCH3 is 2. The lowest BCUT2D eigenvalue weighted by Crippen LogP contribution is -2.49. The van der Waals surface area contributed by atoms with E-state index < -0.39 is 6.17 Å². The Labute approximate surface area is 172 Å². The predicted octanol–water partition coefficient (Wildman–Crippen LogP) is 2.02. The van der Waals surface area contributed by atoms with Crippen molar-refractivity contribution in [3.8, 4) is 11.6 Å². The van der Waals surface area contributed by atoms with Gasteiger partial charge in [-0.3, -0.25) is 9.69 Å². The minimum absolute atomic E-state index is 0.437. The molecule has 3 aromatic rings. The molecule has 152 valence electrons. The lowest BCUT2D eigenvalue weighted by molar-refractivity contribution is -0.115. The van der Waals surface area contributed by atoms with Gasteiger partial charge >= 0.3 is 0 Å². The number of halogens is 1. The Kier molecular flexibility index (Phi) is 5.50. The Bertz CT molecular complexity index is 1020. The number of nitrogens with zero attached hydrogens (tertiary/aromatic N) is 6. The molecule has 0 radical (unpaired) electrons. The van der Waals surface area contributed by atoms with Crippen LogP contribution in [0.5, 0.6) is 11.6 Å². The smallest absolute Gasteiger partial charge is 0.227 e. The molecule has 0 bridgehead atoms. The molecular weight excluding hydrogens is 396 g/mol. The minimum Gasteiger partial charge on any atom is -0.495 e. The molecule has 3 heterocycles. The lowest BCUT2D eigenvalue weighted by Gasteiger charge is -2.38. The lowest BCUT2D eigenvalue weighted by atomic mass is 10.2. The minimum atomic E-state index is -0.547. The second-order valence-corrected chi connectivity index (χ2v) is 7.01. The molecule has 0 spiro atoms. The quantitative estimate of drug-likeness (QED) is 0.564. The van der Waals surface area contributed by atoms with Gasteiger partial charge in [-0.25, -0.2) is 14.6 Å². The fraction of sp³-hybridized carbons (Fsp3) is 0.368. The first-order chi connectivity index (χ1) is 14.2. The molecule has 0 saturated carbocycles. The summed E-state index contributed by atoms with van der Waals surface area (Å²) in [5.74, 6) is 1.08. The molecule has 0 N–H and O–H groups in total. The normalized spacial score (nSPS) is 16.0. The number of aldehydes is 1. The monoisotopic (exact) mass is 416 g/mol. The van der Waals surface area contributed by atoms with E-state index in [0.717, 1.165) is 25.1 Å². The number of carbonyl (C=O) groups is 1. The number of benzene rings is 1. The van der Waals surface area contributed by atoms with E-state index in [2.05, 4.69) is 24.9 Å². The van der Waals surface area contributed by atoms with Crippen LogP contribution in [0.2, 0.25) is 5.02 Å². The summed E-state index contributed by atoms with van der Waals surface area (Å²) in [5, 5.41) is 5.63. The van der Waals surface area contributed by atoms with Gasteiger partial charge in [0.15, 0.2) is 18.1 Å². The predicted molar refractivity (Wildman–Crippen MR) is 109 cm³/mol. The van der Waals surface area contributed by atoms with E-state index in [9.17, 15) is 4.79 Å². The van der Waals surface area contributed by atoms with Gasteiger partial charge in [-0.2, -0.15) is 5.10 Å². The average molecular weight is 417 g/mol. The highest BCUT2D eigenvalue weighted by Crippen LogP contribution is 2.30. The van der Waals surface area contributed by atoms with Crippen LogP contribution in [-0.2, 0) is 4.79 Å². The van der Waals surface area contributed by atoms with Crippen molar-refractivity contribution >= 4 is 34.6 Å². The van der Waals surface area contributed by atoms with Crippen molar-refractivity contribution < 1.29 is 14.3 Å². The number of hydrogen-bond donors (Lipinski definition) is 0. The highest BCUT2D eigenvalue weighted by atomic mass is 35.5. The molecule has 0 amide bonds. The third-order valence-corrected chi connectivity index (χ3v) is 5.42. The van der Waals surface area contributed by atoms with Crippen LogP contribution in [0.3, 0.4) is 0 Å². The van der Waals surface area contributed by atoms with Crippen LogP contribution in [0.4, 0.5) is 5.69 Å². The highest BCUT2D eigenvalue weighted by Gasteiger charge is 2.27. The van der Waals surface area contributed by atoms with E-state index in [1.54, 1.807) is 25.1 Å². The molecule has 4 rings (SSSR count). The summed E-state index contributed by atoms with van der Waals surface area (Å²) >= 11 is 6.13. The molecule has 1 fully saturated rings. The molecule has 1 aromatic carbocycles. The number of carbonyl (C=O) groups excluding carboxylic acids is 1. The zero-order valence-electron chi connectivity index (χ0n) is 16.2. The van der Waals surface area contributed by atoms with E-state index in [0.29, 0.717) is 40.8 Å². The number of hydrogen-bond acceptors (Lipinski definition) is 8. The van der Waals surface area contributed by atoms with Crippen molar-refractivity contribution in [1.29, 1.82) is 0 Å². The van der Waals surface area contributed by atoms with Crippen molar-refractivity contribution in [2.24, 2.45) is 0 Å². The fourth-order valence-corrected chi connectivity index (χ4v) is 3.78. The van der Waals surface area contributed by atoms with Gasteiger partial charge in [0.2, 0.25) is 5.88 Å². The molecule has 1 atom stereocenters. The molecule has 9 nitrogen and oxygen atoms in total. The number of piperazine rings is 1. The van der Waals surface area contributed by atoms with Crippen LogP contribution in [0.15, 0.2) is 30.7 Å². The Morgan fingerprint density at radius 3 is 2.62 bits per heavy atom. The van der Waals surface area contributed by atoms with E-state index in [-0.39, 0.29) is 0 Å². The maximum Gasteiger partial charge on any atom is 0.227 e. The van der Waals surface area contributed by atoms with Crippen molar-refractivity contribution in [3.05, 3.63) is 35.7 Å². The Morgan fingerprint density at radius 2 is 1.93 bits per heavy atom. The van der Waals surface area contributed by atoms with Crippen LogP contribution in [-0.4, -0.2) is 71.3 Å². The van der Waals surface area contributed by atoms with Crippen LogP contribution in [0.1, 0.15) is 6.17 Å². The molecule has 2 aromatic heterocycles. The molecule has 29 heavy (non-hydrogen) atoms. The Morgan fingerprint density at radius 1 is 1.14 bits per heavy atom. The van der Waals surface area contributed by atoms with Crippen LogP contribution >= 0.6 is 11.6 Å². The van der Waals surface area contributed by atoms with Gasteiger partial charge in [0.25, 0.3) is 0 Å². The van der Waals surface area contributed by atoms with Gasteiger partial charge in [-0.15, -0.1) is 0 Å². The summed E-state index contributed by atoms with van der Waals surface area (Å²) in [4.78, 5) is 24.6. The first-order valence-corrected chi connectivity index (χ1v) is 9.54. The zero-order chi connectivity index (χ0) is 20.4. The first kappa shape index (κ1) is 19.4. The second-order valence-electron chi connectivity index (χ2n) is 6.60. The number of anilines is 1. The molecule has 1 unspecified atom stereocenters. The molecule has 1 aliphatic rings. The number of aromatic nitrogens is 4. The Balaban J connectivity index is 1.52. The summed E-state index contributed by atoms with van der Waals surface area (Å²) in [6.45, 7) is 2.90. The van der Waals surface area contributed by atoms with E-state index in [1.807, 2.05) is 18.2 Å². The Hall–Kier alpha value is -2.91. The summed E-state index contributed by atoms with van der Waals surface area (Å²) in [5.41, 5.74) is 1.61. The summed E-state index contributed by atoms with van der Waals surface area (Å²) in [6.07, 6.45) is 3.38. The first-order valence-electron chi connectivity index (χ1n) is 9.16. The zero-order valence-corrected chi connectivity index (χ0v) is 16.9. The fourth-order valence-electron chi connectivity index (χ4n) is 3.59. The summed E-state index contributed by atoms with van der Waals surface area (Å²) in [7, 11) is 3.14. The van der Waals surface area contributed by atoms with Gasteiger partial charge in [0.05, 0.1) is 25.4 Å². The molecule has 0 aliphatic carbocycles. The van der Waals surface area contributed by atoms with Crippen LogP contribution in [0, 0.1) is 0 Å². The van der Waals surface area contributed by atoms with Crippen LogP contribution in [0.25, 0.3) is 11.0 Å². The van der Waals surface area contributed by atoms with Gasteiger partial charge in [-0.1, -0.05) is 11.6 Å². The molecule has 1 saturated heterocycles. The van der Waals surface area contributed by atoms with Crippen molar-refractivity contribution in [1.82, 2.24) is 24.6 Å². The molecule has 1 aliphatic heterocycles. The van der Waals surface area contributed by atoms with E-state index in [1.165, 1.54) is 6.33 Å². The van der Waals surface area contributed by atoms with Gasteiger partial charge in [-0.05, 0) is 12.1 Å². The SMILES string of the molecule is COc1cc(N2CCN(C(C=O)n3ncc4c(OC)ncnc43)CC2)ccc1Cl. The molecule has 10 heteroatoms. The summed E-state index contributed by atoms with van der Waals surface area (Å²) < 4.78 is 12.2. The van der Waals surface area contributed by atoms with Gasteiger partial charge in [0, 0.05) is 37.9 Å². The topological polar surface area (TPSA) is 85.6 Å². The summed E-state index contributed by atoms with van der Waals surface area (Å²) in [6, 6.07) is 5.74. The van der Waals surface area contributed by atoms with E-state index >= 15 is 0 Å². The third-order valence-electron chi connectivity index (χ3n) is 5.11. The van der Waals surface area contributed by atoms with Crippen molar-refractivity contribution in [3.63, 3.8) is 0 Å². The van der Waals surface area contributed by atoms with Crippen molar-refractivity contribution in [2.75, 3.05) is 45.3 Å². The molecular formula is C19H21ClN6O3.